The molecule has 1 aromatic rings. The van der Waals surface area contributed by atoms with Crippen LogP contribution in [0.5, 0.6) is 5.75 Å². The van der Waals surface area contributed by atoms with Gasteiger partial charge in [-0.3, -0.25) is 4.79 Å². The van der Waals surface area contributed by atoms with Crippen molar-refractivity contribution in [2.75, 3.05) is 33.3 Å². The van der Waals surface area contributed by atoms with Gasteiger partial charge in [0.2, 0.25) is 5.91 Å². The molecule has 3 rings (SSSR count). The minimum absolute atomic E-state index is 0. The van der Waals surface area contributed by atoms with E-state index in [1.807, 2.05) is 30.1 Å². The largest absolute Gasteiger partial charge is 0.492 e. The Morgan fingerprint density at radius 2 is 2.24 bits per heavy atom. The Kier molecular flexibility index (Phi) is 5.48. The number of likely N-dealkylation sites (tertiary alicyclic amines) is 1. The Hall–Kier alpha value is -1.26. The highest BCUT2D eigenvalue weighted by Crippen LogP contribution is 2.28. The van der Waals surface area contributed by atoms with E-state index in [0.717, 1.165) is 43.8 Å². The average molecular weight is 311 g/mol. The monoisotopic (exact) mass is 310 g/mol. The van der Waals surface area contributed by atoms with E-state index >= 15 is 0 Å². The van der Waals surface area contributed by atoms with Crippen molar-refractivity contribution in [3.63, 3.8) is 0 Å². The molecule has 2 aliphatic rings. The van der Waals surface area contributed by atoms with Gasteiger partial charge in [0.25, 0.3) is 0 Å². The molecule has 2 atom stereocenters. The molecule has 4 nitrogen and oxygen atoms in total. The highest BCUT2D eigenvalue weighted by molar-refractivity contribution is 5.85. The van der Waals surface area contributed by atoms with Gasteiger partial charge < -0.3 is 15.0 Å². The minimum atomic E-state index is -0.0155. The van der Waals surface area contributed by atoms with Crippen molar-refractivity contribution < 1.29 is 9.53 Å². The number of rotatable bonds is 3. The quantitative estimate of drug-likeness (QED) is 0.924. The average Bonchev–Trinajstić information content (AvgIpc) is 2.95. The molecule has 1 amide bonds. The second kappa shape index (κ2) is 7.14. The minimum Gasteiger partial charge on any atom is -0.492 e. The first-order valence-electron chi connectivity index (χ1n) is 7.42. The lowest BCUT2D eigenvalue weighted by Gasteiger charge is -2.28. The number of ether oxygens (including phenoxy) is 1. The fraction of sp³-hybridized carbons (Fsp3) is 0.562. The van der Waals surface area contributed by atoms with Crippen molar-refractivity contribution in [1.82, 2.24) is 10.2 Å². The first-order valence-corrected chi connectivity index (χ1v) is 7.42. The lowest BCUT2D eigenvalue weighted by Crippen LogP contribution is -2.40. The summed E-state index contributed by atoms with van der Waals surface area (Å²) in [5.41, 5.74) is 1.16. The van der Waals surface area contributed by atoms with E-state index in [1.54, 1.807) is 0 Å². The van der Waals surface area contributed by atoms with Gasteiger partial charge in [0.15, 0.2) is 0 Å². The van der Waals surface area contributed by atoms with Gasteiger partial charge in [0.05, 0.1) is 5.92 Å². The number of nitrogens with one attached hydrogen (secondary N) is 1. The Morgan fingerprint density at radius 3 is 3.05 bits per heavy atom. The summed E-state index contributed by atoms with van der Waals surface area (Å²) in [7, 11) is 1.97. The van der Waals surface area contributed by atoms with Crippen LogP contribution in [0.15, 0.2) is 24.3 Å². The molecule has 0 aromatic heterocycles. The summed E-state index contributed by atoms with van der Waals surface area (Å²) >= 11 is 0. The molecule has 1 N–H and O–H groups in total. The third kappa shape index (κ3) is 3.50. The maximum atomic E-state index is 12.6. The smallest absolute Gasteiger partial charge is 0.229 e. The van der Waals surface area contributed by atoms with Crippen LogP contribution < -0.4 is 10.1 Å². The molecular weight excluding hydrogens is 288 g/mol. The number of halogens is 1. The molecule has 1 saturated heterocycles. The molecule has 21 heavy (non-hydrogen) atoms. The summed E-state index contributed by atoms with van der Waals surface area (Å²) in [5.74, 6) is 1.78. The SMILES string of the molecule is CNCC1CCN(C(=O)C2COc3ccccc3C2)C1.Cl. The zero-order chi connectivity index (χ0) is 13.9. The fourth-order valence-corrected chi connectivity index (χ4v) is 3.23. The molecular formula is C16H23ClN2O2. The zero-order valence-electron chi connectivity index (χ0n) is 12.4. The van der Waals surface area contributed by atoms with Gasteiger partial charge in [0.1, 0.15) is 12.4 Å². The van der Waals surface area contributed by atoms with E-state index in [2.05, 4.69) is 11.4 Å². The fourth-order valence-electron chi connectivity index (χ4n) is 3.23. The molecule has 0 bridgehead atoms. The number of carbonyl (C=O) groups excluding carboxylic acids is 1. The summed E-state index contributed by atoms with van der Waals surface area (Å²) in [6, 6.07) is 8.02. The molecule has 0 radical (unpaired) electrons. The van der Waals surface area contributed by atoms with Crippen LogP contribution in [0, 0.1) is 11.8 Å². The predicted octanol–water partition coefficient (Wildman–Crippen LogP) is 1.73. The van der Waals surface area contributed by atoms with Crippen LogP contribution in [0.4, 0.5) is 0 Å². The van der Waals surface area contributed by atoms with Crippen molar-refractivity contribution in [2.24, 2.45) is 11.8 Å². The predicted molar refractivity (Wildman–Crippen MR) is 85.0 cm³/mol. The summed E-state index contributed by atoms with van der Waals surface area (Å²) in [6.45, 7) is 3.29. The molecule has 1 fully saturated rings. The third-order valence-electron chi connectivity index (χ3n) is 4.32. The third-order valence-corrected chi connectivity index (χ3v) is 4.32. The molecule has 116 valence electrons. The Labute approximate surface area is 132 Å². The van der Waals surface area contributed by atoms with Crippen molar-refractivity contribution in [2.45, 2.75) is 12.8 Å². The molecule has 0 spiro atoms. The first kappa shape index (κ1) is 16.1. The van der Waals surface area contributed by atoms with Gasteiger partial charge in [-0.05, 0) is 44.0 Å². The van der Waals surface area contributed by atoms with Crippen molar-refractivity contribution in [3.05, 3.63) is 29.8 Å². The second-order valence-electron chi connectivity index (χ2n) is 5.82. The number of benzene rings is 1. The van der Waals surface area contributed by atoms with Crippen LogP contribution in [0.1, 0.15) is 12.0 Å². The Morgan fingerprint density at radius 1 is 1.43 bits per heavy atom. The molecule has 0 aliphatic carbocycles. The topological polar surface area (TPSA) is 41.6 Å². The van der Waals surface area contributed by atoms with Crippen LogP contribution >= 0.6 is 12.4 Å². The van der Waals surface area contributed by atoms with E-state index in [1.165, 1.54) is 0 Å². The van der Waals surface area contributed by atoms with Crippen LogP contribution in [-0.2, 0) is 11.2 Å². The normalized spacial score (nSPS) is 24.0. The second-order valence-corrected chi connectivity index (χ2v) is 5.82. The van der Waals surface area contributed by atoms with Crippen LogP contribution in [0.3, 0.4) is 0 Å². The lowest BCUT2D eigenvalue weighted by atomic mass is 9.95. The molecule has 2 heterocycles. The Balaban J connectivity index is 0.00000161. The van der Waals surface area contributed by atoms with E-state index in [9.17, 15) is 4.79 Å². The van der Waals surface area contributed by atoms with Crippen LogP contribution in [-0.4, -0.2) is 44.1 Å². The van der Waals surface area contributed by atoms with Gasteiger partial charge >= 0.3 is 0 Å². The highest BCUT2D eigenvalue weighted by Gasteiger charge is 2.33. The van der Waals surface area contributed by atoms with E-state index in [0.29, 0.717) is 12.5 Å². The summed E-state index contributed by atoms with van der Waals surface area (Å²) in [6.07, 6.45) is 1.92. The number of hydrogen-bond acceptors (Lipinski definition) is 3. The molecule has 5 heteroatoms. The van der Waals surface area contributed by atoms with Gasteiger partial charge in [-0.1, -0.05) is 18.2 Å². The van der Waals surface area contributed by atoms with E-state index < -0.39 is 0 Å². The number of amides is 1. The highest BCUT2D eigenvalue weighted by atomic mass is 35.5. The maximum absolute atomic E-state index is 12.6. The van der Waals surface area contributed by atoms with Crippen molar-refractivity contribution in [3.8, 4) is 5.75 Å². The first-order chi connectivity index (χ1) is 9.78. The van der Waals surface area contributed by atoms with E-state index in [-0.39, 0.29) is 24.2 Å². The summed E-state index contributed by atoms with van der Waals surface area (Å²) < 4.78 is 5.73. The molecule has 0 saturated carbocycles. The van der Waals surface area contributed by atoms with E-state index in [4.69, 9.17) is 4.74 Å². The molecule has 1 aromatic carbocycles. The maximum Gasteiger partial charge on any atom is 0.229 e. The molecule has 2 aliphatic heterocycles. The number of nitrogens with zero attached hydrogens (tertiary/aromatic N) is 1. The number of para-hydroxylation sites is 1. The number of fused-ring (bicyclic) bond motifs is 1. The molecule has 2 unspecified atom stereocenters. The lowest BCUT2D eigenvalue weighted by molar-refractivity contribution is -0.135. The summed E-state index contributed by atoms with van der Waals surface area (Å²) in [5, 5.41) is 3.20. The number of carbonyl (C=O) groups is 1. The van der Waals surface area contributed by atoms with Gasteiger partial charge in [-0.25, -0.2) is 0 Å². The van der Waals surface area contributed by atoms with Gasteiger partial charge in [-0.2, -0.15) is 0 Å². The zero-order valence-corrected chi connectivity index (χ0v) is 13.2. The van der Waals surface area contributed by atoms with Crippen LogP contribution in [0.25, 0.3) is 0 Å². The van der Waals surface area contributed by atoms with Crippen LogP contribution in [0.2, 0.25) is 0 Å². The Bertz CT molecular complexity index is 495. The standard InChI is InChI=1S/C16H22N2O2.ClH/c1-17-9-12-6-7-18(10-12)16(19)14-8-13-4-2-3-5-15(13)20-11-14;/h2-5,12,14,17H,6-11H2,1H3;1H. The summed E-state index contributed by atoms with van der Waals surface area (Å²) in [4.78, 5) is 14.6. The van der Waals surface area contributed by atoms with Gasteiger partial charge in [-0.15, -0.1) is 12.4 Å². The van der Waals surface area contributed by atoms with Crippen molar-refractivity contribution in [1.29, 1.82) is 0 Å². The number of hydrogen-bond donors (Lipinski definition) is 1. The van der Waals surface area contributed by atoms with Crippen molar-refractivity contribution >= 4 is 18.3 Å². The van der Waals surface area contributed by atoms with Gasteiger partial charge in [0, 0.05) is 13.1 Å².